The van der Waals surface area contributed by atoms with Crippen LogP contribution in [0.15, 0.2) is 55.0 Å². The van der Waals surface area contributed by atoms with Crippen molar-refractivity contribution in [3.8, 4) is 11.4 Å². The molecule has 3 aromatic heterocycles. The van der Waals surface area contributed by atoms with Crippen molar-refractivity contribution >= 4 is 11.0 Å². The average molecular weight is 384 g/mol. The van der Waals surface area contributed by atoms with Gasteiger partial charge in [0, 0.05) is 55.8 Å². The molecular formula is C23H24N6. The Morgan fingerprint density at radius 1 is 1.03 bits per heavy atom. The van der Waals surface area contributed by atoms with Gasteiger partial charge in [0.1, 0.15) is 5.82 Å². The molecule has 4 aromatic rings. The molecule has 6 nitrogen and oxygen atoms in total. The van der Waals surface area contributed by atoms with Gasteiger partial charge in [0.25, 0.3) is 0 Å². The van der Waals surface area contributed by atoms with Gasteiger partial charge >= 0.3 is 0 Å². The lowest BCUT2D eigenvalue weighted by molar-refractivity contribution is 0.234. The van der Waals surface area contributed by atoms with Crippen molar-refractivity contribution in [1.29, 1.82) is 0 Å². The van der Waals surface area contributed by atoms with Crippen molar-refractivity contribution in [2.24, 2.45) is 0 Å². The van der Waals surface area contributed by atoms with E-state index in [1.54, 1.807) is 6.20 Å². The molecular weight excluding hydrogens is 360 g/mol. The minimum absolute atomic E-state index is 0.759. The molecule has 0 N–H and O–H groups in total. The van der Waals surface area contributed by atoms with Crippen LogP contribution in [0.5, 0.6) is 0 Å². The molecule has 0 spiro atoms. The molecule has 0 bridgehead atoms. The van der Waals surface area contributed by atoms with Crippen molar-refractivity contribution in [3.63, 3.8) is 0 Å². The second-order valence-electron chi connectivity index (χ2n) is 7.54. The quantitative estimate of drug-likeness (QED) is 0.523. The summed E-state index contributed by atoms with van der Waals surface area (Å²) < 4.78 is 2.37. The van der Waals surface area contributed by atoms with Gasteiger partial charge in [0.05, 0.1) is 23.3 Å². The van der Waals surface area contributed by atoms with Crippen LogP contribution in [0.1, 0.15) is 30.4 Å². The van der Waals surface area contributed by atoms with Crippen LogP contribution in [0.25, 0.3) is 22.4 Å². The monoisotopic (exact) mass is 384 g/mol. The van der Waals surface area contributed by atoms with E-state index < -0.39 is 0 Å². The third-order valence-corrected chi connectivity index (χ3v) is 5.48. The normalized spacial score (nSPS) is 14.2. The van der Waals surface area contributed by atoms with Crippen LogP contribution in [-0.4, -0.2) is 35.9 Å². The molecule has 5 rings (SSSR count). The number of aryl methyl sites for hydroxylation is 1. The van der Waals surface area contributed by atoms with Gasteiger partial charge in [-0.3, -0.25) is 9.88 Å². The van der Waals surface area contributed by atoms with Gasteiger partial charge in [0.15, 0.2) is 5.82 Å². The number of nitrogens with zero attached hydrogens (tertiary/aromatic N) is 6. The number of benzene rings is 1. The predicted molar refractivity (Wildman–Crippen MR) is 113 cm³/mol. The molecule has 1 aliphatic rings. The van der Waals surface area contributed by atoms with Crippen molar-refractivity contribution in [2.75, 3.05) is 6.54 Å². The van der Waals surface area contributed by atoms with Crippen LogP contribution in [0.4, 0.5) is 0 Å². The number of imidazole rings is 1. The Morgan fingerprint density at radius 3 is 2.83 bits per heavy atom. The average Bonchev–Trinajstić information content (AvgIpc) is 3.11. The second-order valence-corrected chi connectivity index (χ2v) is 7.54. The first-order valence-corrected chi connectivity index (χ1v) is 10.2. The molecule has 0 saturated carbocycles. The third kappa shape index (κ3) is 3.51. The number of para-hydroxylation sites is 2. The molecule has 0 unspecified atom stereocenters. The van der Waals surface area contributed by atoms with Gasteiger partial charge in [-0.1, -0.05) is 19.1 Å². The molecule has 0 atom stereocenters. The van der Waals surface area contributed by atoms with Crippen molar-refractivity contribution in [2.45, 2.75) is 39.4 Å². The van der Waals surface area contributed by atoms with Gasteiger partial charge in [-0.25, -0.2) is 15.0 Å². The van der Waals surface area contributed by atoms with Crippen LogP contribution in [-0.2, 0) is 26.1 Å². The smallest absolute Gasteiger partial charge is 0.160 e. The van der Waals surface area contributed by atoms with Gasteiger partial charge < -0.3 is 4.57 Å². The molecule has 6 heteroatoms. The highest BCUT2D eigenvalue weighted by Gasteiger charge is 2.21. The maximum atomic E-state index is 4.92. The largest absolute Gasteiger partial charge is 0.327 e. The first-order valence-electron chi connectivity index (χ1n) is 10.2. The second kappa shape index (κ2) is 7.72. The fourth-order valence-corrected chi connectivity index (χ4v) is 4.06. The van der Waals surface area contributed by atoms with Gasteiger partial charge in [-0.05, 0) is 30.7 Å². The molecule has 0 amide bonds. The fourth-order valence-electron chi connectivity index (χ4n) is 4.06. The van der Waals surface area contributed by atoms with Gasteiger partial charge in [-0.15, -0.1) is 0 Å². The predicted octanol–water partition coefficient (Wildman–Crippen LogP) is 3.86. The summed E-state index contributed by atoms with van der Waals surface area (Å²) >= 11 is 0. The van der Waals surface area contributed by atoms with E-state index in [0.717, 1.165) is 67.4 Å². The Balaban J connectivity index is 1.38. The van der Waals surface area contributed by atoms with E-state index >= 15 is 0 Å². The summed E-state index contributed by atoms with van der Waals surface area (Å²) in [5.74, 6) is 1.90. The number of rotatable bonds is 5. The molecule has 1 aromatic carbocycles. The van der Waals surface area contributed by atoms with E-state index in [1.807, 2.05) is 24.5 Å². The van der Waals surface area contributed by atoms with Crippen LogP contribution in [0, 0.1) is 0 Å². The Kier molecular flexibility index (Phi) is 4.77. The fraction of sp³-hybridized carbons (Fsp3) is 0.304. The minimum Gasteiger partial charge on any atom is -0.327 e. The maximum Gasteiger partial charge on any atom is 0.160 e. The summed E-state index contributed by atoms with van der Waals surface area (Å²) in [6.07, 6.45) is 7.59. The Labute approximate surface area is 170 Å². The first-order chi connectivity index (χ1) is 14.3. The van der Waals surface area contributed by atoms with E-state index in [9.17, 15) is 0 Å². The summed E-state index contributed by atoms with van der Waals surface area (Å²) in [5, 5.41) is 0. The van der Waals surface area contributed by atoms with Gasteiger partial charge in [0.2, 0.25) is 0 Å². The highest BCUT2D eigenvalue weighted by atomic mass is 15.2. The summed E-state index contributed by atoms with van der Waals surface area (Å²) in [7, 11) is 0. The number of hydrogen-bond donors (Lipinski definition) is 0. The Bertz CT molecular complexity index is 1130. The highest BCUT2D eigenvalue weighted by Crippen LogP contribution is 2.23. The standard InChI is InChI=1S/C23H24N6/c1-2-11-29-21-8-4-3-7-20(21)26-22(29)16-28-12-9-19-18(15-28)14-25-23(27-19)17-6-5-10-24-13-17/h3-8,10,13-14H,2,9,11-12,15-16H2,1H3. The number of hydrogen-bond acceptors (Lipinski definition) is 5. The highest BCUT2D eigenvalue weighted by molar-refractivity contribution is 5.75. The van der Waals surface area contributed by atoms with E-state index in [0.29, 0.717) is 0 Å². The molecule has 0 saturated heterocycles. The summed E-state index contributed by atoms with van der Waals surface area (Å²) in [5.41, 5.74) is 5.63. The first kappa shape index (κ1) is 17.9. The van der Waals surface area contributed by atoms with E-state index in [4.69, 9.17) is 9.97 Å². The van der Waals surface area contributed by atoms with E-state index in [-0.39, 0.29) is 0 Å². The van der Waals surface area contributed by atoms with E-state index in [2.05, 4.69) is 50.6 Å². The lowest BCUT2D eigenvalue weighted by atomic mass is 10.1. The lowest BCUT2D eigenvalue weighted by Crippen LogP contribution is -2.32. The van der Waals surface area contributed by atoms with Gasteiger partial charge in [-0.2, -0.15) is 0 Å². The molecule has 29 heavy (non-hydrogen) atoms. The maximum absolute atomic E-state index is 4.92. The molecule has 4 heterocycles. The number of aromatic nitrogens is 5. The molecule has 1 aliphatic heterocycles. The molecule has 0 radical (unpaired) electrons. The van der Waals surface area contributed by atoms with Crippen molar-refractivity contribution in [1.82, 2.24) is 29.4 Å². The summed E-state index contributed by atoms with van der Waals surface area (Å²) in [4.78, 5) is 20.9. The summed E-state index contributed by atoms with van der Waals surface area (Å²) in [6.45, 7) is 5.90. The van der Waals surface area contributed by atoms with Crippen LogP contribution in [0.3, 0.4) is 0 Å². The van der Waals surface area contributed by atoms with Crippen LogP contribution in [0.2, 0.25) is 0 Å². The molecule has 0 fully saturated rings. The van der Waals surface area contributed by atoms with Crippen molar-refractivity contribution < 1.29 is 0 Å². The third-order valence-electron chi connectivity index (χ3n) is 5.48. The number of fused-ring (bicyclic) bond motifs is 2. The summed E-state index contributed by atoms with van der Waals surface area (Å²) in [6, 6.07) is 12.3. The zero-order valence-corrected chi connectivity index (χ0v) is 16.6. The van der Waals surface area contributed by atoms with Crippen LogP contribution >= 0.6 is 0 Å². The zero-order chi connectivity index (χ0) is 19.6. The van der Waals surface area contributed by atoms with Crippen molar-refractivity contribution in [3.05, 3.63) is 72.1 Å². The molecule has 0 aliphatic carbocycles. The molecule has 146 valence electrons. The topological polar surface area (TPSA) is 59.7 Å². The Morgan fingerprint density at radius 2 is 1.97 bits per heavy atom. The number of pyridine rings is 1. The zero-order valence-electron chi connectivity index (χ0n) is 16.6. The SMILES string of the molecule is CCCn1c(CN2CCc3nc(-c4cccnc4)ncc3C2)nc2ccccc21. The lowest BCUT2D eigenvalue weighted by Gasteiger charge is -2.28. The van der Waals surface area contributed by atoms with E-state index in [1.165, 1.54) is 11.1 Å². The Hall–Kier alpha value is -3.12. The minimum atomic E-state index is 0.759. The van der Waals surface area contributed by atoms with Crippen LogP contribution < -0.4 is 0 Å².